The summed E-state index contributed by atoms with van der Waals surface area (Å²) in [5.41, 5.74) is 9.07. The van der Waals surface area contributed by atoms with Gasteiger partial charge in [-0.3, -0.25) is 9.59 Å². The average molecular weight is 475 g/mol. The lowest BCUT2D eigenvalue weighted by Crippen LogP contribution is -2.58. The molecule has 3 aromatic rings. The summed E-state index contributed by atoms with van der Waals surface area (Å²) >= 11 is 0. The fraction of sp³-hybridized carbons (Fsp3) is 0.429. The van der Waals surface area contributed by atoms with E-state index in [9.17, 15) is 14.7 Å². The van der Waals surface area contributed by atoms with Crippen molar-refractivity contribution in [1.82, 2.24) is 15.2 Å². The van der Waals surface area contributed by atoms with E-state index in [1.807, 2.05) is 53.6 Å². The first-order valence-electron chi connectivity index (χ1n) is 12.4. The summed E-state index contributed by atoms with van der Waals surface area (Å²) in [6, 6.07) is 15.4. The van der Waals surface area contributed by atoms with Crippen LogP contribution < -0.4 is 11.1 Å². The number of nitrogens with one attached hydrogen (secondary N) is 2. The second-order valence-corrected chi connectivity index (χ2v) is 10.7. The van der Waals surface area contributed by atoms with Crippen molar-refractivity contribution >= 4 is 22.7 Å². The van der Waals surface area contributed by atoms with E-state index in [2.05, 4.69) is 16.4 Å². The number of aromatic amines is 1. The van der Waals surface area contributed by atoms with E-state index in [1.54, 1.807) is 13.8 Å². The molecule has 7 heteroatoms. The molecule has 1 unspecified atom stereocenters. The summed E-state index contributed by atoms with van der Waals surface area (Å²) < 4.78 is 0. The number of nitrogens with two attached hydrogens (primary N) is 1. The number of para-hydroxylation sites is 1. The van der Waals surface area contributed by atoms with Crippen LogP contribution in [0.1, 0.15) is 55.9 Å². The third-order valence-corrected chi connectivity index (χ3v) is 7.80. The maximum atomic E-state index is 13.7. The molecular formula is C28H34N4O3. The lowest BCUT2D eigenvalue weighted by Gasteiger charge is -2.41. The third kappa shape index (κ3) is 4.34. The number of fused-ring (bicyclic) bond motifs is 3. The molecule has 2 aliphatic rings. The van der Waals surface area contributed by atoms with E-state index in [0.717, 1.165) is 34.9 Å². The van der Waals surface area contributed by atoms with Crippen LogP contribution in [0.3, 0.4) is 0 Å². The second-order valence-electron chi connectivity index (χ2n) is 10.7. The lowest BCUT2D eigenvalue weighted by atomic mass is 9.73. The Morgan fingerprint density at radius 1 is 1.17 bits per heavy atom. The maximum absolute atomic E-state index is 13.7. The van der Waals surface area contributed by atoms with Crippen molar-refractivity contribution in [2.75, 3.05) is 13.1 Å². The smallest absolute Gasteiger partial charge is 0.245 e. The van der Waals surface area contributed by atoms with E-state index in [0.29, 0.717) is 25.9 Å². The van der Waals surface area contributed by atoms with Gasteiger partial charge in [-0.25, -0.2) is 0 Å². The van der Waals surface area contributed by atoms with E-state index >= 15 is 0 Å². The third-order valence-electron chi connectivity index (χ3n) is 7.80. The predicted octanol–water partition coefficient (Wildman–Crippen LogP) is 2.93. The summed E-state index contributed by atoms with van der Waals surface area (Å²) in [7, 11) is 0. The number of amides is 2. The highest BCUT2D eigenvalue weighted by Crippen LogP contribution is 2.50. The lowest BCUT2D eigenvalue weighted by molar-refractivity contribution is -0.138. The average Bonchev–Trinajstić information content (AvgIpc) is 3.37. The Morgan fingerprint density at radius 3 is 2.60 bits per heavy atom. The number of carbonyl (C=O) groups excluding carboxylic acids is 2. The molecule has 184 valence electrons. The topological polar surface area (TPSA) is 111 Å². The summed E-state index contributed by atoms with van der Waals surface area (Å²) in [6.45, 7) is 4.46. The van der Waals surface area contributed by atoms with Gasteiger partial charge in [0.15, 0.2) is 0 Å². The number of nitrogens with zero attached hydrogens (tertiary/aromatic N) is 1. The van der Waals surface area contributed by atoms with E-state index in [1.165, 1.54) is 5.56 Å². The van der Waals surface area contributed by atoms with Crippen molar-refractivity contribution in [3.63, 3.8) is 0 Å². The molecule has 2 heterocycles. The van der Waals surface area contributed by atoms with Gasteiger partial charge < -0.3 is 26.0 Å². The number of carbonyl (C=O) groups is 2. The molecule has 2 atom stereocenters. The zero-order valence-corrected chi connectivity index (χ0v) is 20.4. The highest BCUT2D eigenvalue weighted by Gasteiger charge is 2.46. The van der Waals surface area contributed by atoms with Crippen LogP contribution in [0.15, 0.2) is 54.7 Å². The van der Waals surface area contributed by atoms with Crippen LogP contribution >= 0.6 is 0 Å². The van der Waals surface area contributed by atoms with Crippen LogP contribution in [0.25, 0.3) is 10.9 Å². The van der Waals surface area contributed by atoms with Gasteiger partial charge in [-0.15, -0.1) is 0 Å². The first-order valence-corrected chi connectivity index (χ1v) is 12.4. The minimum atomic E-state index is -1.09. The molecule has 35 heavy (non-hydrogen) atoms. The van der Waals surface area contributed by atoms with Gasteiger partial charge in [-0.05, 0) is 55.9 Å². The van der Waals surface area contributed by atoms with Crippen molar-refractivity contribution < 1.29 is 14.7 Å². The van der Waals surface area contributed by atoms with Gasteiger partial charge in [0, 0.05) is 42.0 Å². The predicted molar refractivity (Wildman–Crippen MR) is 136 cm³/mol. The van der Waals surface area contributed by atoms with Gasteiger partial charge in [0.25, 0.3) is 0 Å². The fourth-order valence-electron chi connectivity index (χ4n) is 5.77. The molecule has 1 aliphatic carbocycles. The molecule has 1 fully saturated rings. The molecule has 5 rings (SSSR count). The van der Waals surface area contributed by atoms with Crippen molar-refractivity contribution in [3.8, 4) is 0 Å². The highest BCUT2D eigenvalue weighted by molar-refractivity contribution is 5.92. The number of H-pyrrole nitrogens is 1. The Hall–Kier alpha value is -3.16. The number of piperidine rings is 1. The van der Waals surface area contributed by atoms with Gasteiger partial charge >= 0.3 is 0 Å². The zero-order valence-electron chi connectivity index (χ0n) is 20.4. The molecule has 1 aromatic heterocycles. The molecule has 2 aromatic carbocycles. The Bertz CT molecular complexity index is 1250. The van der Waals surface area contributed by atoms with Crippen LogP contribution in [0, 0.1) is 0 Å². The zero-order chi connectivity index (χ0) is 24.8. The minimum absolute atomic E-state index is 0.0884. The first-order chi connectivity index (χ1) is 16.7. The van der Waals surface area contributed by atoms with Gasteiger partial charge in [0.2, 0.25) is 11.8 Å². The highest BCUT2D eigenvalue weighted by atomic mass is 16.3. The van der Waals surface area contributed by atoms with Crippen LogP contribution in [-0.2, 0) is 21.4 Å². The first kappa shape index (κ1) is 23.6. The quantitative estimate of drug-likeness (QED) is 0.456. The molecular weight excluding hydrogens is 440 g/mol. The second kappa shape index (κ2) is 8.81. The Kier molecular flexibility index (Phi) is 5.93. The standard InChI is InChI=1S/C28H34N4O3/c1-27(2,29)26(35)31-23(15-18-17-30-22-10-6-4-7-19(18)22)25(34)32-13-11-28(12-14-32)16-24(33)20-8-3-5-9-21(20)28/h3-10,17,23-24,30,33H,11-16,29H2,1-2H3,(H,31,35)/t23-,24?/m1/s1. The number of likely N-dealkylation sites (tertiary alicyclic amines) is 1. The molecule has 5 N–H and O–H groups in total. The normalized spacial score (nSPS) is 20.1. The largest absolute Gasteiger partial charge is 0.388 e. The number of hydrogen-bond acceptors (Lipinski definition) is 4. The molecule has 0 radical (unpaired) electrons. The van der Waals surface area contributed by atoms with Crippen molar-refractivity contribution in [2.24, 2.45) is 5.73 Å². The van der Waals surface area contributed by atoms with Crippen LogP contribution in [0.4, 0.5) is 0 Å². The number of hydrogen-bond donors (Lipinski definition) is 4. The Labute approximate surface area is 205 Å². The molecule has 0 bridgehead atoms. The number of aliphatic hydroxyl groups excluding tert-OH is 1. The van der Waals surface area contributed by atoms with Crippen molar-refractivity contribution in [1.29, 1.82) is 0 Å². The molecule has 1 aliphatic heterocycles. The number of rotatable bonds is 5. The van der Waals surface area contributed by atoms with Gasteiger partial charge in [-0.1, -0.05) is 42.5 Å². The minimum Gasteiger partial charge on any atom is -0.388 e. The van der Waals surface area contributed by atoms with Crippen LogP contribution in [0.5, 0.6) is 0 Å². The number of aromatic nitrogens is 1. The molecule has 2 amide bonds. The fourth-order valence-corrected chi connectivity index (χ4v) is 5.77. The van der Waals surface area contributed by atoms with Gasteiger partial charge in [0.1, 0.15) is 6.04 Å². The number of benzene rings is 2. The summed E-state index contributed by atoms with van der Waals surface area (Å²) in [6.07, 6.45) is 4.13. The van der Waals surface area contributed by atoms with E-state index in [-0.39, 0.29) is 17.2 Å². The van der Waals surface area contributed by atoms with Crippen molar-refractivity contribution in [3.05, 3.63) is 71.4 Å². The van der Waals surface area contributed by atoms with E-state index < -0.39 is 17.7 Å². The molecule has 1 saturated heterocycles. The maximum Gasteiger partial charge on any atom is 0.245 e. The van der Waals surface area contributed by atoms with E-state index in [4.69, 9.17) is 5.73 Å². The summed E-state index contributed by atoms with van der Waals surface area (Å²) in [5, 5.41) is 14.6. The van der Waals surface area contributed by atoms with Crippen LogP contribution in [-0.4, -0.2) is 51.5 Å². The Morgan fingerprint density at radius 2 is 1.86 bits per heavy atom. The number of aliphatic hydroxyl groups is 1. The van der Waals surface area contributed by atoms with Gasteiger partial charge in [-0.2, -0.15) is 0 Å². The Balaban J connectivity index is 1.36. The van der Waals surface area contributed by atoms with Crippen LogP contribution in [0.2, 0.25) is 0 Å². The SMILES string of the molecule is CC(C)(N)C(=O)N[C@H](Cc1c[nH]c2ccccc12)C(=O)N1CCC2(CC1)CC(O)c1ccccc12. The monoisotopic (exact) mass is 474 g/mol. The van der Waals surface area contributed by atoms with Crippen molar-refractivity contribution in [2.45, 2.75) is 62.6 Å². The summed E-state index contributed by atoms with van der Waals surface area (Å²) in [4.78, 5) is 31.7. The molecule has 0 saturated carbocycles. The van der Waals surface area contributed by atoms with Gasteiger partial charge in [0.05, 0.1) is 11.6 Å². The molecule has 7 nitrogen and oxygen atoms in total. The molecule has 1 spiro atoms. The summed E-state index contributed by atoms with van der Waals surface area (Å²) in [5.74, 6) is -0.438.